The van der Waals surface area contributed by atoms with Crippen molar-refractivity contribution in [1.29, 1.82) is 0 Å². The number of rotatable bonds is 7. The van der Waals surface area contributed by atoms with E-state index in [1.165, 1.54) is 54.0 Å². The summed E-state index contributed by atoms with van der Waals surface area (Å²) in [5.41, 5.74) is 6.87. The third-order valence-corrected chi connectivity index (χ3v) is 12.4. The van der Waals surface area contributed by atoms with Gasteiger partial charge in [0.2, 0.25) is 0 Å². The van der Waals surface area contributed by atoms with Crippen molar-refractivity contribution in [1.82, 2.24) is 0 Å². The molecule has 52 heavy (non-hydrogen) atoms. The van der Waals surface area contributed by atoms with Gasteiger partial charge in [-0.05, 0) is 116 Å². The molecule has 9 rings (SSSR count). The zero-order valence-electron chi connectivity index (χ0n) is 29.8. The molecular formula is C49H40N2Si. The minimum Gasteiger partial charge on any atom is -0.310 e. The highest BCUT2D eigenvalue weighted by molar-refractivity contribution is 6.88. The smallest absolute Gasteiger partial charge is 0.0775 e. The fourth-order valence-corrected chi connectivity index (χ4v) is 8.94. The van der Waals surface area contributed by atoms with Crippen LogP contribution in [-0.4, -0.2) is 8.07 Å². The minimum absolute atomic E-state index is 1.14. The number of hydrogen-bond donors (Lipinski definition) is 0. The summed E-state index contributed by atoms with van der Waals surface area (Å²) in [5.74, 6) is 0. The third-order valence-electron chi connectivity index (χ3n) is 10.3. The molecule has 0 radical (unpaired) electrons. The van der Waals surface area contributed by atoms with Gasteiger partial charge in [-0.3, -0.25) is 0 Å². The van der Waals surface area contributed by atoms with Crippen LogP contribution in [0.2, 0.25) is 19.6 Å². The molecule has 250 valence electrons. The van der Waals surface area contributed by atoms with Crippen molar-refractivity contribution in [3.63, 3.8) is 0 Å². The Balaban J connectivity index is 1.23. The average Bonchev–Trinajstić information content (AvgIpc) is 3.19. The number of nitrogens with zero attached hydrogens (tertiary/aromatic N) is 2. The van der Waals surface area contributed by atoms with Crippen LogP contribution in [0, 0.1) is 0 Å². The SMILES string of the molecule is C[Si](C)(C)c1ccc(N(c2ccccc2)c2ccc3c(c2)c2ccccc2c2c4ccc(N(c5ccccc5)c5ccccc5)cc4ccc32)cc1. The van der Waals surface area contributed by atoms with Gasteiger partial charge in [0.1, 0.15) is 0 Å². The molecule has 0 spiro atoms. The second kappa shape index (κ2) is 12.9. The highest BCUT2D eigenvalue weighted by Crippen LogP contribution is 2.44. The first-order chi connectivity index (χ1) is 25.4. The Bertz CT molecular complexity index is 2640. The first kappa shape index (κ1) is 31.8. The zero-order chi connectivity index (χ0) is 35.2. The number of benzene rings is 9. The Hall–Kier alpha value is -6.16. The highest BCUT2D eigenvalue weighted by atomic mass is 28.3. The molecule has 0 aliphatic heterocycles. The van der Waals surface area contributed by atoms with Crippen LogP contribution in [0.1, 0.15) is 0 Å². The van der Waals surface area contributed by atoms with E-state index < -0.39 is 8.07 Å². The van der Waals surface area contributed by atoms with E-state index >= 15 is 0 Å². The van der Waals surface area contributed by atoms with E-state index in [1.54, 1.807) is 0 Å². The molecule has 0 heterocycles. The van der Waals surface area contributed by atoms with Crippen LogP contribution in [0.5, 0.6) is 0 Å². The normalized spacial score (nSPS) is 11.8. The van der Waals surface area contributed by atoms with Gasteiger partial charge in [0, 0.05) is 34.1 Å². The summed E-state index contributed by atoms with van der Waals surface area (Å²) in [6, 6.07) is 68.7. The molecule has 0 bridgehead atoms. The van der Waals surface area contributed by atoms with Crippen molar-refractivity contribution >= 4 is 90.5 Å². The molecule has 0 saturated carbocycles. The van der Waals surface area contributed by atoms with Gasteiger partial charge in [0.25, 0.3) is 0 Å². The summed E-state index contributed by atoms with van der Waals surface area (Å²) in [5, 5.41) is 11.6. The first-order valence-corrected chi connectivity index (χ1v) is 21.6. The van der Waals surface area contributed by atoms with Crippen LogP contribution in [0.15, 0.2) is 188 Å². The third kappa shape index (κ3) is 5.60. The van der Waals surface area contributed by atoms with Crippen molar-refractivity contribution < 1.29 is 0 Å². The second-order valence-electron chi connectivity index (χ2n) is 14.6. The van der Waals surface area contributed by atoms with Gasteiger partial charge in [-0.25, -0.2) is 0 Å². The van der Waals surface area contributed by atoms with E-state index in [1.807, 2.05) is 0 Å². The summed E-state index contributed by atoms with van der Waals surface area (Å²) in [6.45, 7) is 7.21. The van der Waals surface area contributed by atoms with Gasteiger partial charge < -0.3 is 9.80 Å². The zero-order valence-corrected chi connectivity index (χ0v) is 30.8. The van der Waals surface area contributed by atoms with Gasteiger partial charge in [-0.15, -0.1) is 0 Å². The van der Waals surface area contributed by atoms with Gasteiger partial charge in [0.05, 0.1) is 8.07 Å². The molecule has 0 fully saturated rings. The topological polar surface area (TPSA) is 6.48 Å². The van der Waals surface area contributed by atoms with E-state index in [-0.39, 0.29) is 0 Å². The first-order valence-electron chi connectivity index (χ1n) is 18.1. The van der Waals surface area contributed by atoms with Gasteiger partial charge in [-0.1, -0.05) is 140 Å². The van der Waals surface area contributed by atoms with E-state index in [4.69, 9.17) is 0 Å². The molecule has 0 saturated heterocycles. The summed E-state index contributed by atoms with van der Waals surface area (Å²) >= 11 is 0. The van der Waals surface area contributed by atoms with Crippen molar-refractivity contribution in [3.8, 4) is 0 Å². The van der Waals surface area contributed by atoms with Crippen molar-refractivity contribution in [2.45, 2.75) is 19.6 Å². The van der Waals surface area contributed by atoms with E-state index in [0.717, 1.165) is 28.4 Å². The molecule has 9 aromatic rings. The Morgan fingerprint density at radius 1 is 0.308 bits per heavy atom. The van der Waals surface area contributed by atoms with Crippen molar-refractivity contribution in [2.24, 2.45) is 0 Å². The Morgan fingerprint density at radius 2 is 0.712 bits per heavy atom. The molecule has 9 aromatic carbocycles. The fraction of sp³-hybridized carbons (Fsp3) is 0.0612. The quantitative estimate of drug-likeness (QED) is 0.122. The summed E-state index contributed by atoms with van der Waals surface area (Å²) < 4.78 is 0. The second-order valence-corrected chi connectivity index (χ2v) is 19.7. The standard InChI is InChI=1S/C49H40N2Si/c1-52(2,3)42-28-24-39(25-29-42)51(38-19-11-6-12-20-38)41-27-32-45-47-30-23-35-33-40(50(36-15-7-4-8-16-36)37-17-9-5-10-18-37)26-31-43(35)49(47)46-22-14-13-21-44(46)48(45)34-41/h4-34H,1-3H3. The van der Waals surface area contributed by atoms with Crippen LogP contribution in [0.4, 0.5) is 34.1 Å². The summed E-state index contributed by atoms with van der Waals surface area (Å²) in [6.07, 6.45) is 0. The Labute approximate surface area is 306 Å². The van der Waals surface area contributed by atoms with Crippen LogP contribution in [0.3, 0.4) is 0 Å². The monoisotopic (exact) mass is 684 g/mol. The van der Waals surface area contributed by atoms with Crippen LogP contribution in [-0.2, 0) is 0 Å². The van der Waals surface area contributed by atoms with Gasteiger partial charge >= 0.3 is 0 Å². The minimum atomic E-state index is -1.42. The lowest BCUT2D eigenvalue weighted by Gasteiger charge is -2.27. The molecule has 0 amide bonds. The fourth-order valence-electron chi connectivity index (χ4n) is 7.77. The number of fused-ring (bicyclic) bond motifs is 8. The number of hydrogen-bond acceptors (Lipinski definition) is 2. The summed E-state index contributed by atoms with van der Waals surface area (Å²) in [7, 11) is -1.42. The maximum atomic E-state index is 2.40. The summed E-state index contributed by atoms with van der Waals surface area (Å²) in [4.78, 5) is 4.72. The lowest BCUT2D eigenvalue weighted by molar-refractivity contribution is 1.29. The molecule has 0 N–H and O–H groups in total. The lowest BCUT2D eigenvalue weighted by Crippen LogP contribution is -2.37. The van der Waals surface area contributed by atoms with Crippen molar-refractivity contribution in [2.75, 3.05) is 9.80 Å². The van der Waals surface area contributed by atoms with E-state index in [2.05, 4.69) is 217 Å². The highest BCUT2D eigenvalue weighted by Gasteiger charge is 2.20. The molecule has 0 aliphatic rings. The maximum Gasteiger partial charge on any atom is 0.0775 e. The van der Waals surface area contributed by atoms with Crippen LogP contribution >= 0.6 is 0 Å². The predicted molar refractivity (Wildman–Crippen MR) is 229 cm³/mol. The molecule has 0 aromatic heterocycles. The van der Waals surface area contributed by atoms with Gasteiger partial charge in [-0.2, -0.15) is 0 Å². The van der Waals surface area contributed by atoms with E-state index in [0.29, 0.717) is 0 Å². The average molecular weight is 685 g/mol. The number of anilines is 6. The molecular weight excluding hydrogens is 645 g/mol. The largest absolute Gasteiger partial charge is 0.310 e. The maximum absolute atomic E-state index is 2.40. The molecule has 0 aliphatic carbocycles. The molecule has 0 atom stereocenters. The lowest BCUT2D eigenvalue weighted by atomic mass is 9.90. The van der Waals surface area contributed by atoms with Gasteiger partial charge in [0.15, 0.2) is 0 Å². The molecule has 0 unspecified atom stereocenters. The number of para-hydroxylation sites is 3. The molecule has 2 nitrogen and oxygen atoms in total. The Kier molecular flexibility index (Phi) is 7.87. The van der Waals surface area contributed by atoms with Crippen molar-refractivity contribution in [3.05, 3.63) is 188 Å². The molecule has 3 heteroatoms. The van der Waals surface area contributed by atoms with E-state index in [9.17, 15) is 0 Å². The van der Waals surface area contributed by atoms with Crippen LogP contribution < -0.4 is 15.0 Å². The predicted octanol–water partition coefficient (Wildman–Crippen LogP) is 13.8. The Morgan fingerprint density at radius 3 is 1.27 bits per heavy atom. The van der Waals surface area contributed by atoms with Crippen LogP contribution in [0.25, 0.3) is 43.1 Å².